The SMILES string of the molecule is O=C(COc1ccc(F)cc1)N(CCN1CCOCC1)c1nc2c(F)cc(F)cc2s1. The van der Waals surface area contributed by atoms with Gasteiger partial charge in [0.1, 0.15) is 22.9 Å². The maximum atomic E-state index is 14.1. The number of carbonyl (C=O) groups excluding carboxylic acids is 1. The summed E-state index contributed by atoms with van der Waals surface area (Å²) in [7, 11) is 0. The van der Waals surface area contributed by atoms with E-state index in [1.807, 2.05) is 0 Å². The number of benzene rings is 2. The number of rotatable bonds is 7. The summed E-state index contributed by atoms with van der Waals surface area (Å²) in [6.07, 6.45) is 0. The zero-order chi connectivity index (χ0) is 21.8. The van der Waals surface area contributed by atoms with Crippen LogP contribution in [-0.4, -0.2) is 61.8 Å². The molecule has 4 rings (SSSR count). The highest BCUT2D eigenvalue weighted by Crippen LogP contribution is 2.31. The summed E-state index contributed by atoms with van der Waals surface area (Å²) in [4.78, 5) is 20.8. The lowest BCUT2D eigenvalue weighted by Gasteiger charge is -2.29. The van der Waals surface area contributed by atoms with Crippen LogP contribution in [0.2, 0.25) is 0 Å². The molecule has 0 saturated carbocycles. The number of hydrogen-bond donors (Lipinski definition) is 0. The molecule has 0 unspecified atom stereocenters. The van der Waals surface area contributed by atoms with Crippen LogP contribution in [0.3, 0.4) is 0 Å². The van der Waals surface area contributed by atoms with Crippen LogP contribution in [0.25, 0.3) is 10.2 Å². The van der Waals surface area contributed by atoms with Crippen molar-refractivity contribution in [2.75, 3.05) is 50.9 Å². The van der Waals surface area contributed by atoms with E-state index in [-0.39, 0.29) is 17.3 Å². The van der Waals surface area contributed by atoms with Crippen LogP contribution < -0.4 is 9.64 Å². The van der Waals surface area contributed by atoms with Gasteiger partial charge in [-0.3, -0.25) is 14.6 Å². The summed E-state index contributed by atoms with van der Waals surface area (Å²) >= 11 is 1.04. The molecule has 3 aromatic rings. The van der Waals surface area contributed by atoms with Crippen LogP contribution in [0.15, 0.2) is 36.4 Å². The van der Waals surface area contributed by atoms with Gasteiger partial charge in [-0.25, -0.2) is 18.2 Å². The molecule has 0 atom stereocenters. The Labute approximate surface area is 180 Å². The maximum Gasteiger partial charge on any atom is 0.266 e. The second-order valence-electron chi connectivity index (χ2n) is 6.97. The van der Waals surface area contributed by atoms with E-state index >= 15 is 0 Å². The molecule has 1 aliphatic heterocycles. The molecule has 0 aliphatic carbocycles. The number of ether oxygens (including phenoxy) is 2. The van der Waals surface area contributed by atoms with Gasteiger partial charge in [0.25, 0.3) is 5.91 Å². The minimum Gasteiger partial charge on any atom is -0.484 e. The van der Waals surface area contributed by atoms with Crippen LogP contribution in [0.4, 0.5) is 18.3 Å². The number of aromatic nitrogens is 1. The molecule has 1 aromatic heterocycles. The predicted octanol–water partition coefficient (Wildman–Crippen LogP) is 3.46. The first-order valence-corrected chi connectivity index (χ1v) is 10.6. The zero-order valence-electron chi connectivity index (χ0n) is 16.5. The number of morpholine rings is 1. The Morgan fingerprint density at radius 3 is 2.61 bits per heavy atom. The minimum atomic E-state index is -0.777. The van der Waals surface area contributed by atoms with E-state index in [9.17, 15) is 18.0 Å². The smallest absolute Gasteiger partial charge is 0.266 e. The molecule has 0 spiro atoms. The Hall–Kier alpha value is -2.69. The van der Waals surface area contributed by atoms with Crippen molar-refractivity contribution >= 4 is 32.6 Å². The molecule has 1 amide bonds. The number of amides is 1. The van der Waals surface area contributed by atoms with Crippen molar-refractivity contribution in [3.8, 4) is 5.75 Å². The van der Waals surface area contributed by atoms with E-state index in [0.717, 1.165) is 30.5 Å². The van der Waals surface area contributed by atoms with Gasteiger partial charge in [0, 0.05) is 32.2 Å². The van der Waals surface area contributed by atoms with E-state index in [0.29, 0.717) is 36.8 Å². The van der Waals surface area contributed by atoms with Crippen LogP contribution in [0.1, 0.15) is 0 Å². The van der Waals surface area contributed by atoms with Crippen molar-refractivity contribution < 1.29 is 27.4 Å². The highest BCUT2D eigenvalue weighted by atomic mass is 32.1. The molecule has 2 heterocycles. The summed E-state index contributed by atoms with van der Waals surface area (Å²) in [6.45, 7) is 3.29. The summed E-state index contributed by atoms with van der Waals surface area (Å²) in [5, 5.41) is 0.264. The lowest BCUT2D eigenvalue weighted by molar-refractivity contribution is -0.120. The first-order valence-electron chi connectivity index (χ1n) is 9.74. The van der Waals surface area contributed by atoms with E-state index < -0.39 is 23.4 Å². The average molecular weight is 451 g/mol. The third-order valence-corrected chi connectivity index (χ3v) is 5.88. The van der Waals surface area contributed by atoms with Crippen LogP contribution in [-0.2, 0) is 9.53 Å². The summed E-state index contributed by atoms with van der Waals surface area (Å²) < 4.78 is 51.9. The molecular formula is C21H20F3N3O3S. The fraction of sp³-hybridized carbons (Fsp3) is 0.333. The summed E-state index contributed by atoms with van der Waals surface area (Å²) in [6, 6.07) is 7.29. The van der Waals surface area contributed by atoms with Gasteiger partial charge in [-0.1, -0.05) is 11.3 Å². The standard InChI is InChI=1S/C21H20F3N3O3S/c22-14-1-3-16(4-2-14)30-13-19(28)27(6-5-26-7-9-29-10-8-26)21-25-20-17(24)11-15(23)12-18(20)31-21/h1-4,11-12H,5-10,13H2. The second-order valence-corrected chi connectivity index (χ2v) is 7.98. The highest BCUT2D eigenvalue weighted by Gasteiger charge is 2.23. The van der Waals surface area contributed by atoms with E-state index in [1.165, 1.54) is 35.2 Å². The van der Waals surface area contributed by atoms with Gasteiger partial charge in [-0.15, -0.1) is 0 Å². The zero-order valence-corrected chi connectivity index (χ0v) is 17.3. The van der Waals surface area contributed by atoms with Gasteiger partial charge in [-0.2, -0.15) is 0 Å². The summed E-state index contributed by atoms with van der Waals surface area (Å²) in [5.41, 5.74) is 0.0185. The fourth-order valence-corrected chi connectivity index (χ4v) is 4.26. The van der Waals surface area contributed by atoms with Crippen molar-refractivity contribution in [1.82, 2.24) is 9.88 Å². The molecule has 0 bridgehead atoms. The number of thiazole rings is 1. The molecular weight excluding hydrogens is 431 g/mol. The van der Waals surface area contributed by atoms with Crippen molar-refractivity contribution in [3.63, 3.8) is 0 Å². The number of fused-ring (bicyclic) bond motifs is 1. The molecule has 1 aliphatic rings. The molecule has 0 N–H and O–H groups in total. The molecule has 164 valence electrons. The number of halogens is 3. The largest absolute Gasteiger partial charge is 0.484 e. The third-order valence-electron chi connectivity index (χ3n) is 4.85. The molecule has 2 aromatic carbocycles. The topological polar surface area (TPSA) is 54.9 Å². The average Bonchev–Trinajstić information content (AvgIpc) is 3.18. The molecule has 1 fully saturated rings. The number of nitrogens with zero attached hydrogens (tertiary/aromatic N) is 3. The van der Waals surface area contributed by atoms with Gasteiger partial charge >= 0.3 is 0 Å². The summed E-state index contributed by atoms with van der Waals surface area (Å²) in [5.74, 6) is -1.93. The lowest BCUT2D eigenvalue weighted by Crippen LogP contribution is -2.44. The molecule has 6 nitrogen and oxygen atoms in total. The van der Waals surface area contributed by atoms with Crippen molar-refractivity contribution in [2.45, 2.75) is 0 Å². The van der Waals surface area contributed by atoms with Crippen LogP contribution >= 0.6 is 11.3 Å². The fourth-order valence-electron chi connectivity index (χ4n) is 3.21. The molecule has 31 heavy (non-hydrogen) atoms. The van der Waals surface area contributed by atoms with Crippen LogP contribution in [0.5, 0.6) is 5.75 Å². The van der Waals surface area contributed by atoms with Crippen molar-refractivity contribution in [2.24, 2.45) is 0 Å². The second kappa shape index (κ2) is 9.63. The Morgan fingerprint density at radius 2 is 1.87 bits per heavy atom. The van der Waals surface area contributed by atoms with Gasteiger partial charge in [-0.05, 0) is 30.3 Å². The molecule has 1 saturated heterocycles. The highest BCUT2D eigenvalue weighted by molar-refractivity contribution is 7.22. The van der Waals surface area contributed by atoms with E-state index in [1.54, 1.807) is 0 Å². The number of carbonyl (C=O) groups is 1. The van der Waals surface area contributed by atoms with Gasteiger partial charge in [0.15, 0.2) is 17.6 Å². The van der Waals surface area contributed by atoms with Gasteiger partial charge in [0.2, 0.25) is 0 Å². The number of hydrogen-bond acceptors (Lipinski definition) is 6. The minimum absolute atomic E-state index is 0.0185. The first kappa shape index (κ1) is 21.5. The van der Waals surface area contributed by atoms with Crippen molar-refractivity contribution in [3.05, 3.63) is 53.8 Å². The van der Waals surface area contributed by atoms with E-state index in [4.69, 9.17) is 9.47 Å². The van der Waals surface area contributed by atoms with Crippen molar-refractivity contribution in [1.29, 1.82) is 0 Å². The van der Waals surface area contributed by atoms with Gasteiger partial charge in [0.05, 0.1) is 17.9 Å². The lowest BCUT2D eigenvalue weighted by atomic mass is 10.3. The number of anilines is 1. The monoisotopic (exact) mass is 451 g/mol. The Morgan fingerprint density at radius 1 is 1.13 bits per heavy atom. The predicted molar refractivity (Wildman–Crippen MR) is 111 cm³/mol. The first-order chi connectivity index (χ1) is 15.0. The maximum absolute atomic E-state index is 14.1. The van der Waals surface area contributed by atoms with Crippen LogP contribution in [0, 0.1) is 17.5 Å². The molecule has 0 radical (unpaired) electrons. The molecule has 10 heteroatoms. The Kier molecular flexibility index (Phi) is 6.69. The van der Waals surface area contributed by atoms with E-state index in [2.05, 4.69) is 9.88 Å². The van der Waals surface area contributed by atoms with Gasteiger partial charge < -0.3 is 9.47 Å². The normalized spacial score (nSPS) is 14.7. The Balaban J connectivity index is 1.53. The third kappa shape index (κ3) is 5.33. The quantitative estimate of drug-likeness (QED) is 0.551. The Bertz CT molecular complexity index is 1060.